The van der Waals surface area contributed by atoms with E-state index in [1.807, 2.05) is 12.1 Å². The van der Waals surface area contributed by atoms with Crippen LogP contribution in [-0.4, -0.2) is 15.9 Å². The van der Waals surface area contributed by atoms with Crippen molar-refractivity contribution in [3.05, 3.63) is 59.7 Å². The summed E-state index contributed by atoms with van der Waals surface area (Å²) in [7, 11) is 0. The average molecular weight is 283 g/mol. The highest BCUT2D eigenvalue weighted by atomic mass is 19.1. The Bertz CT molecular complexity index is 760. The minimum atomic E-state index is -0.234. The van der Waals surface area contributed by atoms with E-state index in [1.54, 1.807) is 12.1 Å². The van der Waals surface area contributed by atoms with Crippen LogP contribution in [-0.2, 0) is 6.42 Å². The number of aromatic nitrogens is 2. The number of fused-ring (bicyclic) bond motifs is 1. The van der Waals surface area contributed by atoms with Crippen LogP contribution in [0.3, 0.4) is 0 Å². The highest BCUT2D eigenvalue weighted by molar-refractivity contribution is 5.66. The molecule has 0 aliphatic carbocycles. The number of hydrogen-bond acceptors (Lipinski definition) is 2. The molecule has 0 bridgehead atoms. The van der Waals surface area contributed by atoms with Crippen molar-refractivity contribution in [2.75, 3.05) is 6.54 Å². The SMILES string of the molecule is Cc1ccc2nc(-c3ccc(F)cc3)c(CCCN)n2c1. The van der Waals surface area contributed by atoms with Gasteiger partial charge in [0.2, 0.25) is 0 Å². The minimum absolute atomic E-state index is 0.234. The van der Waals surface area contributed by atoms with Crippen LogP contribution in [0.15, 0.2) is 42.6 Å². The molecule has 0 aliphatic rings. The van der Waals surface area contributed by atoms with Crippen molar-refractivity contribution in [1.29, 1.82) is 0 Å². The van der Waals surface area contributed by atoms with Gasteiger partial charge in [-0.15, -0.1) is 0 Å². The van der Waals surface area contributed by atoms with Gasteiger partial charge in [-0.05, 0) is 62.2 Å². The predicted molar refractivity (Wildman–Crippen MR) is 82.7 cm³/mol. The topological polar surface area (TPSA) is 43.3 Å². The molecule has 0 aliphatic heterocycles. The number of benzene rings is 1. The first-order valence-electron chi connectivity index (χ1n) is 7.12. The highest BCUT2D eigenvalue weighted by Crippen LogP contribution is 2.26. The fourth-order valence-corrected chi connectivity index (χ4v) is 2.55. The van der Waals surface area contributed by atoms with Gasteiger partial charge in [0.15, 0.2) is 0 Å². The molecule has 21 heavy (non-hydrogen) atoms. The minimum Gasteiger partial charge on any atom is -0.330 e. The van der Waals surface area contributed by atoms with E-state index in [-0.39, 0.29) is 5.82 Å². The average Bonchev–Trinajstić information content (AvgIpc) is 2.83. The summed E-state index contributed by atoms with van der Waals surface area (Å²) < 4.78 is 15.2. The predicted octanol–water partition coefficient (Wildman–Crippen LogP) is 3.34. The molecule has 0 unspecified atom stereocenters. The van der Waals surface area contributed by atoms with Gasteiger partial charge in [-0.2, -0.15) is 0 Å². The van der Waals surface area contributed by atoms with E-state index in [9.17, 15) is 4.39 Å². The number of hydrogen-bond donors (Lipinski definition) is 1. The Morgan fingerprint density at radius 3 is 2.62 bits per heavy atom. The third kappa shape index (κ3) is 2.67. The number of imidazole rings is 1. The summed E-state index contributed by atoms with van der Waals surface area (Å²) in [5, 5.41) is 0. The fourth-order valence-electron chi connectivity index (χ4n) is 2.55. The van der Waals surface area contributed by atoms with Gasteiger partial charge >= 0.3 is 0 Å². The molecule has 0 spiro atoms. The molecule has 0 fully saturated rings. The van der Waals surface area contributed by atoms with Crippen LogP contribution in [0.4, 0.5) is 4.39 Å². The van der Waals surface area contributed by atoms with Crippen molar-refractivity contribution in [3.63, 3.8) is 0 Å². The summed E-state index contributed by atoms with van der Waals surface area (Å²) in [6, 6.07) is 10.5. The van der Waals surface area contributed by atoms with Crippen molar-refractivity contribution in [2.24, 2.45) is 5.73 Å². The Balaban J connectivity index is 2.18. The van der Waals surface area contributed by atoms with E-state index in [1.165, 1.54) is 17.7 Å². The van der Waals surface area contributed by atoms with E-state index in [0.717, 1.165) is 35.4 Å². The molecule has 0 saturated carbocycles. The first-order chi connectivity index (χ1) is 10.2. The molecule has 2 N–H and O–H groups in total. The van der Waals surface area contributed by atoms with Crippen molar-refractivity contribution in [1.82, 2.24) is 9.38 Å². The first-order valence-corrected chi connectivity index (χ1v) is 7.12. The largest absolute Gasteiger partial charge is 0.330 e. The Labute approximate surface area is 123 Å². The molecule has 0 radical (unpaired) electrons. The standard InChI is InChI=1S/C17H18FN3/c1-12-4-9-16-20-17(13-5-7-14(18)8-6-13)15(3-2-10-19)21(16)11-12/h4-9,11H,2-3,10,19H2,1H3. The molecule has 3 rings (SSSR count). The Morgan fingerprint density at radius 1 is 1.14 bits per heavy atom. The summed E-state index contributed by atoms with van der Waals surface area (Å²) in [5.41, 5.74) is 10.7. The Kier molecular flexibility index (Phi) is 3.71. The Morgan fingerprint density at radius 2 is 1.90 bits per heavy atom. The van der Waals surface area contributed by atoms with Crippen LogP contribution >= 0.6 is 0 Å². The van der Waals surface area contributed by atoms with Gasteiger partial charge in [-0.25, -0.2) is 9.37 Å². The number of rotatable bonds is 4. The zero-order valence-electron chi connectivity index (χ0n) is 12.0. The van der Waals surface area contributed by atoms with Crippen molar-refractivity contribution in [2.45, 2.75) is 19.8 Å². The van der Waals surface area contributed by atoms with Gasteiger partial charge in [0.25, 0.3) is 0 Å². The van der Waals surface area contributed by atoms with Gasteiger partial charge in [0.1, 0.15) is 11.5 Å². The summed E-state index contributed by atoms with van der Waals surface area (Å²) in [6.45, 7) is 2.70. The molecule has 0 amide bonds. The maximum atomic E-state index is 13.1. The second-order valence-corrected chi connectivity index (χ2v) is 5.24. The molecular weight excluding hydrogens is 265 g/mol. The number of pyridine rings is 1. The zero-order chi connectivity index (χ0) is 14.8. The van der Waals surface area contributed by atoms with Crippen molar-refractivity contribution < 1.29 is 4.39 Å². The van der Waals surface area contributed by atoms with E-state index >= 15 is 0 Å². The molecule has 0 saturated heterocycles. The summed E-state index contributed by atoms with van der Waals surface area (Å²) >= 11 is 0. The normalized spacial score (nSPS) is 11.2. The molecule has 108 valence electrons. The maximum absolute atomic E-state index is 13.1. The molecule has 3 aromatic rings. The third-order valence-electron chi connectivity index (χ3n) is 3.60. The molecule has 4 heteroatoms. The van der Waals surface area contributed by atoms with Crippen LogP contribution in [0.1, 0.15) is 17.7 Å². The summed E-state index contributed by atoms with van der Waals surface area (Å²) in [6.07, 6.45) is 3.84. The lowest BCUT2D eigenvalue weighted by atomic mass is 10.1. The van der Waals surface area contributed by atoms with Gasteiger partial charge < -0.3 is 10.1 Å². The lowest BCUT2D eigenvalue weighted by molar-refractivity contribution is 0.628. The molecular formula is C17H18FN3. The number of nitrogens with zero attached hydrogens (tertiary/aromatic N) is 2. The van der Waals surface area contributed by atoms with Crippen LogP contribution in [0.5, 0.6) is 0 Å². The lowest BCUT2D eigenvalue weighted by Crippen LogP contribution is -2.03. The van der Waals surface area contributed by atoms with Gasteiger partial charge in [0.05, 0.1) is 11.4 Å². The Hall–Kier alpha value is -2.20. The fraction of sp³-hybridized carbons (Fsp3) is 0.235. The zero-order valence-corrected chi connectivity index (χ0v) is 12.0. The van der Waals surface area contributed by atoms with Gasteiger partial charge in [-0.1, -0.05) is 6.07 Å². The number of aryl methyl sites for hydroxylation is 2. The van der Waals surface area contributed by atoms with Crippen LogP contribution in [0.2, 0.25) is 0 Å². The molecule has 0 atom stereocenters. The molecule has 2 heterocycles. The van der Waals surface area contributed by atoms with E-state index < -0.39 is 0 Å². The van der Waals surface area contributed by atoms with Gasteiger partial charge in [0, 0.05) is 11.8 Å². The first kappa shape index (κ1) is 13.8. The van der Waals surface area contributed by atoms with E-state index in [2.05, 4.69) is 17.5 Å². The lowest BCUT2D eigenvalue weighted by Gasteiger charge is -2.05. The quantitative estimate of drug-likeness (QED) is 0.798. The summed E-state index contributed by atoms with van der Waals surface area (Å²) in [5.74, 6) is -0.234. The van der Waals surface area contributed by atoms with Crippen LogP contribution in [0, 0.1) is 12.7 Å². The number of halogens is 1. The highest BCUT2D eigenvalue weighted by Gasteiger charge is 2.13. The molecule has 3 nitrogen and oxygen atoms in total. The van der Waals surface area contributed by atoms with E-state index in [0.29, 0.717) is 6.54 Å². The van der Waals surface area contributed by atoms with Crippen LogP contribution in [0.25, 0.3) is 16.9 Å². The van der Waals surface area contributed by atoms with E-state index in [4.69, 9.17) is 10.7 Å². The molecule has 2 aromatic heterocycles. The van der Waals surface area contributed by atoms with Crippen molar-refractivity contribution >= 4 is 5.65 Å². The molecule has 1 aromatic carbocycles. The van der Waals surface area contributed by atoms with Crippen LogP contribution < -0.4 is 5.73 Å². The van der Waals surface area contributed by atoms with Crippen molar-refractivity contribution in [3.8, 4) is 11.3 Å². The third-order valence-corrected chi connectivity index (χ3v) is 3.60. The second-order valence-electron chi connectivity index (χ2n) is 5.24. The maximum Gasteiger partial charge on any atom is 0.137 e. The van der Waals surface area contributed by atoms with Gasteiger partial charge in [-0.3, -0.25) is 0 Å². The smallest absolute Gasteiger partial charge is 0.137 e. The summed E-state index contributed by atoms with van der Waals surface area (Å²) in [4.78, 5) is 4.71. The monoisotopic (exact) mass is 283 g/mol. The number of nitrogens with two attached hydrogens (primary N) is 1. The second kappa shape index (κ2) is 5.66.